The lowest BCUT2D eigenvalue weighted by molar-refractivity contribution is 0.103. The van der Waals surface area contributed by atoms with E-state index in [2.05, 4.69) is 26.0 Å². The Morgan fingerprint density at radius 3 is 2.18 bits per heavy atom. The monoisotopic (exact) mass is 236 g/mol. The summed E-state index contributed by atoms with van der Waals surface area (Å²) in [6.45, 7) is 5.00. The molecular weight excluding hydrogens is 212 g/mol. The number of rotatable bonds is 7. The number of aliphatic hydroxyl groups is 1. The van der Waals surface area contributed by atoms with E-state index in [0.717, 1.165) is 31.4 Å². The Hall–Kier alpha value is -0.860. The average molecular weight is 236 g/mol. The lowest BCUT2D eigenvalue weighted by Gasteiger charge is -2.20. The fraction of sp³-hybridized carbons (Fsp3) is 0.600. The van der Waals surface area contributed by atoms with Crippen molar-refractivity contribution in [3.63, 3.8) is 0 Å². The highest BCUT2D eigenvalue weighted by Gasteiger charge is 2.16. The molecule has 1 aromatic rings. The molecule has 1 unspecified atom stereocenters. The second-order valence-corrected chi connectivity index (χ2v) is 4.51. The van der Waals surface area contributed by atoms with Gasteiger partial charge in [0.15, 0.2) is 0 Å². The van der Waals surface area contributed by atoms with Gasteiger partial charge in [-0.05, 0) is 23.5 Å². The molecule has 0 aliphatic carbocycles. The molecule has 0 amide bonds. The van der Waals surface area contributed by atoms with Gasteiger partial charge in [-0.1, -0.05) is 51.0 Å². The number of ether oxygens (including phenoxy) is 1. The minimum atomic E-state index is -0.332. The van der Waals surface area contributed by atoms with Crippen LogP contribution in [0.4, 0.5) is 0 Å². The minimum absolute atomic E-state index is 0.332. The molecule has 2 heteroatoms. The van der Waals surface area contributed by atoms with E-state index in [1.807, 2.05) is 12.1 Å². The second kappa shape index (κ2) is 7.46. The summed E-state index contributed by atoms with van der Waals surface area (Å²) in [5.74, 6) is 0.361. The molecule has 0 aliphatic rings. The third-order valence-corrected chi connectivity index (χ3v) is 3.41. The number of methoxy groups -OCH3 is 1. The van der Waals surface area contributed by atoms with E-state index in [1.54, 1.807) is 7.11 Å². The summed E-state index contributed by atoms with van der Waals surface area (Å²) in [5.41, 5.74) is 2.28. The standard InChI is InChI=1S/C15H24O2/c1-4-13(5-2)15(16)14-8-6-12(7-9-14)10-11-17-3/h6-9,13,15-16H,4-5,10-11H2,1-3H3. The zero-order chi connectivity index (χ0) is 12.7. The molecule has 1 atom stereocenters. The van der Waals surface area contributed by atoms with Gasteiger partial charge in [-0.2, -0.15) is 0 Å². The highest BCUT2D eigenvalue weighted by molar-refractivity contribution is 5.24. The van der Waals surface area contributed by atoms with Gasteiger partial charge in [-0.3, -0.25) is 0 Å². The summed E-state index contributed by atoms with van der Waals surface area (Å²) in [5, 5.41) is 10.2. The first-order chi connectivity index (χ1) is 8.22. The van der Waals surface area contributed by atoms with Crippen LogP contribution in [0.1, 0.15) is 43.9 Å². The number of benzene rings is 1. The van der Waals surface area contributed by atoms with Crippen LogP contribution in [-0.4, -0.2) is 18.8 Å². The minimum Gasteiger partial charge on any atom is -0.388 e. The van der Waals surface area contributed by atoms with E-state index < -0.39 is 0 Å². The highest BCUT2D eigenvalue weighted by atomic mass is 16.5. The van der Waals surface area contributed by atoms with E-state index in [-0.39, 0.29) is 6.10 Å². The zero-order valence-electron chi connectivity index (χ0n) is 11.1. The van der Waals surface area contributed by atoms with Crippen LogP contribution >= 0.6 is 0 Å². The summed E-state index contributed by atoms with van der Waals surface area (Å²) in [6, 6.07) is 8.24. The van der Waals surface area contributed by atoms with Gasteiger partial charge in [-0.25, -0.2) is 0 Å². The Balaban J connectivity index is 2.66. The molecule has 0 bridgehead atoms. The van der Waals surface area contributed by atoms with Gasteiger partial charge < -0.3 is 9.84 Å². The van der Waals surface area contributed by atoms with Gasteiger partial charge >= 0.3 is 0 Å². The highest BCUT2D eigenvalue weighted by Crippen LogP contribution is 2.27. The number of aliphatic hydroxyl groups excluding tert-OH is 1. The topological polar surface area (TPSA) is 29.5 Å². The first-order valence-electron chi connectivity index (χ1n) is 6.48. The summed E-state index contributed by atoms with van der Waals surface area (Å²) in [7, 11) is 1.71. The molecule has 0 fully saturated rings. The summed E-state index contributed by atoms with van der Waals surface area (Å²) >= 11 is 0. The lowest BCUT2D eigenvalue weighted by Crippen LogP contribution is -2.10. The SMILES string of the molecule is CCC(CC)C(O)c1ccc(CCOC)cc1. The van der Waals surface area contributed by atoms with E-state index >= 15 is 0 Å². The Morgan fingerprint density at radius 1 is 1.12 bits per heavy atom. The van der Waals surface area contributed by atoms with Crippen molar-refractivity contribution in [3.05, 3.63) is 35.4 Å². The predicted octanol–water partition coefficient (Wildman–Crippen LogP) is 3.35. The smallest absolute Gasteiger partial charge is 0.0818 e. The third-order valence-electron chi connectivity index (χ3n) is 3.41. The third kappa shape index (κ3) is 4.14. The largest absolute Gasteiger partial charge is 0.388 e. The normalized spacial score (nSPS) is 13.0. The van der Waals surface area contributed by atoms with Gasteiger partial charge in [-0.15, -0.1) is 0 Å². The van der Waals surface area contributed by atoms with Gasteiger partial charge in [0.05, 0.1) is 12.7 Å². The first-order valence-corrected chi connectivity index (χ1v) is 6.48. The van der Waals surface area contributed by atoms with Crippen molar-refractivity contribution in [2.24, 2.45) is 5.92 Å². The average Bonchev–Trinajstić information content (AvgIpc) is 2.38. The van der Waals surface area contributed by atoms with Crippen LogP contribution < -0.4 is 0 Å². The maximum Gasteiger partial charge on any atom is 0.0818 e. The Labute approximate surface area is 105 Å². The van der Waals surface area contributed by atoms with Crippen LogP contribution in [0.5, 0.6) is 0 Å². The van der Waals surface area contributed by atoms with Crippen molar-refractivity contribution < 1.29 is 9.84 Å². The van der Waals surface area contributed by atoms with Gasteiger partial charge in [0.1, 0.15) is 0 Å². The molecule has 0 saturated carbocycles. The van der Waals surface area contributed by atoms with Crippen LogP contribution in [-0.2, 0) is 11.2 Å². The van der Waals surface area contributed by atoms with Crippen molar-refractivity contribution in [2.75, 3.05) is 13.7 Å². The second-order valence-electron chi connectivity index (χ2n) is 4.51. The molecule has 0 aromatic heterocycles. The van der Waals surface area contributed by atoms with Gasteiger partial charge in [0, 0.05) is 7.11 Å². The van der Waals surface area contributed by atoms with E-state index in [9.17, 15) is 5.11 Å². The summed E-state index contributed by atoms with van der Waals surface area (Å²) in [4.78, 5) is 0. The molecule has 0 saturated heterocycles. The van der Waals surface area contributed by atoms with Crippen LogP contribution in [0.2, 0.25) is 0 Å². The van der Waals surface area contributed by atoms with Crippen LogP contribution in [0.3, 0.4) is 0 Å². The molecule has 96 valence electrons. The number of hydrogen-bond donors (Lipinski definition) is 1. The maximum atomic E-state index is 10.2. The quantitative estimate of drug-likeness (QED) is 0.786. The van der Waals surface area contributed by atoms with E-state index in [0.29, 0.717) is 5.92 Å². The van der Waals surface area contributed by atoms with Gasteiger partial charge in [0.25, 0.3) is 0 Å². The molecule has 0 aliphatic heterocycles. The van der Waals surface area contributed by atoms with Crippen LogP contribution in [0.25, 0.3) is 0 Å². The Morgan fingerprint density at radius 2 is 1.71 bits per heavy atom. The molecule has 0 heterocycles. The maximum absolute atomic E-state index is 10.2. The molecular formula is C15H24O2. The molecule has 17 heavy (non-hydrogen) atoms. The molecule has 0 spiro atoms. The lowest BCUT2D eigenvalue weighted by atomic mass is 9.91. The molecule has 2 nitrogen and oxygen atoms in total. The molecule has 1 aromatic carbocycles. The number of hydrogen-bond acceptors (Lipinski definition) is 2. The Kier molecular flexibility index (Phi) is 6.23. The van der Waals surface area contributed by atoms with E-state index in [4.69, 9.17) is 4.74 Å². The summed E-state index contributed by atoms with van der Waals surface area (Å²) in [6.07, 6.45) is 2.63. The molecule has 1 N–H and O–H groups in total. The van der Waals surface area contributed by atoms with Crippen LogP contribution in [0.15, 0.2) is 24.3 Å². The van der Waals surface area contributed by atoms with Crippen molar-refractivity contribution in [3.8, 4) is 0 Å². The zero-order valence-corrected chi connectivity index (χ0v) is 11.1. The predicted molar refractivity (Wildman–Crippen MR) is 71.1 cm³/mol. The van der Waals surface area contributed by atoms with E-state index in [1.165, 1.54) is 5.56 Å². The first kappa shape index (κ1) is 14.2. The Bertz CT molecular complexity index is 301. The fourth-order valence-corrected chi connectivity index (χ4v) is 2.11. The van der Waals surface area contributed by atoms with Crippen molar-refractivity contribution in [1.29, 1.82) is 0 Å². The van der Waals surface area contributed by atoms with Gasteiger partial charge in [0.2, 0.25) is 0 Å². The van der Waals surface area contributed by atoms with Crippen LogP contribution in [0, 0.1) is 5.92 Å². The van der Waals surface area contributed by atoms with Crippen molar-refractivity contribution in [1.82, 2.24) is 0 Å². The van der Waals surface area contributed by atoms with Crippen molar-refractivity contribution in [2.45, 2.75) is 39.2 Å². The summed E-state index contributed by atoms with van der Waals surface area (Å²) < 4.78 is 5.05. The van der Waals surface area contributed by atoms with Crippen molar-refractivity contribution >= 4 is 0 Å². The molecule has 0 radical (unpaired) electrons. The fourth-order valence-electron chi connectivity index (χ4n) is 2.11. The molecule has 1 rings (SSSR count).